The second kappa shape index (κ2) is 7.07. The van der Waals surface area contributed by atoms with Crippen LogP contribution in [0, 0.1) is 6.92 Å². The summed E-state index contributed by atoms with van der Waals surface area (Å²) in [4.78, 5) is 33.0. The van der Waals surface area contributed by atoms with Crippen LogP contribution in [0.5, 0.6) is 0 Å². The Balaban J connectivity index is 1.84. The lowest BCUT2D eigenvalue weighted by Crippen LogP contribution is -2.30. The van der Waals surface area contributed by atoms with Gasteiger partial charge in [0.15, 0.2) is 5.43 Å². The molecular formula is C23H14BrClN2O3. The number of amides is 1. The van der Waals surface area contributed by atoms with E-state index in [1.807, 2.05) is 25.1 Å². The molecule has 0 unspecified atom stereocenters. The van der Waals surface area contributed by atoms with Crippen LogP contribution in [-0.4, -0.2) is 10.9 Å². The van der Waals surface area contributed by atoms with Crippen LogP contribution in [-0.2, 0) is 0 Å². The predicted molar refractivity (Wildman–Crippen MR) is 119 cm³/mol. The number of aromatic nitrogens is 1. The van der Waals surface area contributed by atoms with Gasteiger partial charge in [-0.2, -0.15) is 0 Å². The number of rotatable bonds is 2. The standard InChI is InChI=1S/C23H14BrClN2O3/c1-12-4-2-7-18(26-12)27-20(13-5-3-6-15(25)10-13)19-21(28)16-11-14(24)8-9-17(16)30-22(19)23(27)29/h2-11,20H,1H3/t20-/m0/s1. The van der Waals surface area contributed by atoms with Crippen LogP contribution < -0.4 is 10.3 Å². The Morgan fingerprint density at radius 1 is 1.07 bits per heavy atom. The smallest absolute Gasteiger partial charge is 0.296 e. The van der Waals surface area contributed by atoms with Crippen molar-refractivity contribution >= 4 is 50.2 Å². The van der Waals surface area contributed by atoms with Crippen molar-refractivity contribution in [3.05, 3.63) is 103 Å². The third-order valence-electron chi connectivity index (χ3n) is 5.12. The van der Waals surface area contributed by atoms with Gasteiger partial charge in [-0.3, -0.25) is 14.5 Å². The first-order chi connectivity index (χ1) is 14.4. The van der Waals surface area contributed by atoms with Gasteiger partial charge in [-0.15, -0.1) is 0 Å². The number of hydrogen-bond donors (Lipinski definition) is 0. The van der Waals surface area contributed by atoms with Crippen molar-refractivity contribution in [1.29, 1.82) is 0 Å². The molecule has 1 aliphatic heterocycles. The summed E-state index contributed by atoms with van der Waals surface area (Å²) in [5.41, 5.74) is 1.87. The van der Waals surface area contributed by atoms with Crippen molar-refractivity contribution in [3.8, 4) is 0 Å². The third-order valence-corrected chi connectivity index (χ3v) is 5.85. The maximum atomic E-state index is 13.5. The van der Waals surface area contributed by atoms with Crippen LogP contribution in [0.15, 0.2) is 74.3 Å². The molecule has 0 aliphatic carbocycles. The van der Waals surface area contributed by atoms with Gasteiger partial charge in [-0.25, -0.2) is 4.98 Å². The number of nitrogens with zero attached hydrogens (tertiary/aromatic N) is 2. The van der Waals surface area contributed by atoms with E-state index in [9.17, 15) is 9.59 Å². The fourth-order valence-corrected chi connectivity index (χ4v) is 4.40. The first-order valence-corrected chi connectivity index (χ1v) is 10.4. The Kier molecular flexibility index (Phi) is 4.49. The molecule has 2 aromatic carbocycles. The summed E-state index contributed by atoms with van der Waals surface area (Å²) in [7, 11) is 0. The zero-order chi connectivity index (χ0) is 21.0. The molecule has 1 amide bonds. The lowest BCUT2D eigenvalue weighted by molar-refractivity contribution is 0.0970. The summed E-state index contributed by atoms with van der Waals surface area (Å²) in [5.74, 6) is 0.0686. The molecule has 1 atom stereocenters. The van der Waals surface area contributed by atoms with Gasteiger partial charge >= 0.3 is 0 Å². The monoisotopic (exact) mass is 480 g/mol. The molecule has 0 saturated heterocycles. The van der Waals surface area contributed by atoms with Gasteiger partial charge in [0.05, 0.1) is 17.0 Å². The summed E-state index contributed by atoms with van der Waals surface area (Å²) < 4.78 is 6.70. The average molecular weight is 482 g/mol. The molecule has 30 heavy (non-hydrogen) atoms. The Labute approximate surface area is 185 Å². The van der Waals surface area contributed by atoms with Gasteiger partial charge in [0.25, 0.3) is 5.91 Å². The van der Waals surface area contributed by atoms with E-state index >= 15 is 0 Å². The van der Waals surface area contributed by atoms with E-state index in [2.05, 4.69) is 20.9 Å². The van der Waals surface area contributed by atoms with Gasteiger partial charge in [0.1, 0.15) is 11.4 Å². The third kappa shape index (κ3) is 2.95. The van der Waals surface area contributed by atoms with E-state index in [0.717, 1.165) is 10.2 Å². The van der Waals surface area contributed by atoms with Gasteiger partial charge in [0, 0.05) is 15.2 Å². The molecule has 0 bridgehead atoms. The summed E-state index contributed by atoms with van der Waals surface area (Å²) in [6, 6.07) is 17.0. The van der Waals surface area contributed by atoms with Crippen LogP contribution in [0.25, 0.3) is 11.0 Å². The highest BCUT2D eigenvalue weighted by atomic mass is 79.9. The molecule has 0 radical (unpaired) electrons. The second-order valence-electron chi connectivity index (χ2n) is 7.08. The van der Waals surface area contributed by atoms with Gasteiger partial charge in [-0.05, 0) is 55.0 Å². The zero-order valence-electron chi connectivity index (χ0n) is 15.7. The summed E-state index contributed by atoms with van der Waals surface area (Å²) >= 11 is 9.63. The highest BCUT2D eigenvalue weighted by Crippen LogP contribution is 2.41. The number of halogens is 2. The number of carbonyl (C=O) groups excluding carboxylic acids is 1. The van der Waals surface area contributed by atoms with Crippen molar-refractivity contribution in [3.63, 3.8) is 0 Å². The molecule has 148 valence electrons. The number of benzene rings is 2. The van der Waals surface area contributed by atoms with E-state index in [1.54, 1.807) is 42.5 Å². The van der Waals surface area contributed by atoms with E-state index in [0.29, 0.717) is 27.4 Å². The Bertz CT molecular complexity index is 1400. The highest BCUT2D eigenvalue weighted by Gasteiger charge is 2.44. The number of carbonyl (C=O) groups is 1. The van der Waals surface area contributed by atoms with Crippen molar-refractivity contribution in [2.75, 3.05) is 4.90 Å². The van der Waals surface area contributed by atoms with E-state index in [4.69, 9.17) is 16.0 Å². The van der Waals surface area contributed by atoms with Gasteiger partial charge < -0.3 is 4.42 Å². The molecule has 3 heterocycles. The SMILES string of the molecule is Cc1cccc(N2C(=O)c3oc4ccc(Br)cc4c(=O)c3[C@@H]2c2cccc(Cl)c2)n1. The van der Waals surface area contributed by atoms with Crippen molar-refractivity contribution < 1.29 is 9.21 Å². The number of anilines is 1. The van der Waals surface area contributed by atoms with Crippen molar-refractivity contribution in [2.24, 2.45) is 0 Å². The number of pyridine rings is 1. The molecule has 5 nitrogen and oxygen atoms in total. The predicted octanol–water partition coefficient (Wildman–Crippen LogP) is 5.66. The van der Waals surface area contributed by atoms with E-state index < -0.39 is 11.9 Å². The molecule has 0 N–H and O–H groups in total. The zero-order valence-corrected chi connectivity index (χ0v) is 18.1. The van der Waals surface area contributed by atoms with Crippen LogP contribution in [0.2, 0.25) is 5.02 Å². The molecule has 0 spiro atoms. The van der Waals surface area contributed by atoms with Gasteiger partial charge in [0.2, 0.25) is 5.76 Å². The molecule has 5 rings (SSSR count). The fourth-order valence-electron chi connectivity index (χ4n) is 3.84. The summed E-state index contributed by atoms with van der Waals surface area (Å²) in [5, 5.41) is 0.917. The lowest BCUT2D eigenvalue weighted by Gasteiger charge is -2.24. The van der Waals surface area contributed by atoms with E-state index in [1.165, 1.54) is 4.90 Å². The highest BCUT2D eigenvalue weighted by molar-refractivity contribution is 9.10. The minimum Gasteiger partial charge on any atom is -0.450 e. The lowest BCUT2D eigenvalue weighted by atomic mass is 9.98. The molecular weight excluding hydrogens is 468 g/mol. The first kappa shape index (κ1) is 19.0. The van der Waals surface area contributed by atoms with Crippen molar-refractivity contribution in [1.82, 2.24) is 4.98 Å². The van der Waals surface area contributed by atoms with Crippen molar-refractivity contribution in [2.45, 2.75) is 13.0 Å². The Morgan fingerprint density at radius 3 is 2.63 bits per heavy atom. The molecule has 0 fully saturated rings. The Hall–Kier alpha value is -2.96. The first-order valence-electron chi connectivity index (χ1n) is 9.23. The normalized spacial score (nSPS) is 15.6. The quantitative estimate of drug-likeness (QED) is 0.370. The molecule has 1 aliphatic rings. The summed E-state index contributed by atoms with van der Waals surface area (Å²) in [6.45, 7) is 1.85. The van der Waals surface area contributed by atoms with Crippen LogP contribution in [0.1, 0.15) is 33.4 Å². The largest absolute Gasteiger partial charge is 0.450 e. The molecule has 7 heteroatoms. The fraction of sp³-hybridized carbons (Fsp3) is 0.0870. The molecule has 2 aromatic heterocycles. The number of aryl methyl sites for hydroxylation is 1. The number of hydrogen-bond acceptors (Lipinski definition) is 4. The van der Waals surface area contributed by atoms with E-state index in [-0.39, 0.29) is 16.8 Å². The topological polar surface area (TPSA) is 63.4 Å². The second-order valence-corrected chi connectivity index (χ2v) is 8.44. The molecule has 0 saturated carbocycles. The Morgan fingerprint density at radius 2 is 1.87 bits per heavy atom. The average Bonchev–Trinajstić information content (AvgIpc) is 3.01. The van der Waals surface area contributed by atoms with Gasteiger partial charge in [-0.1, -0.05) is 45.7 Å². The molecule has 4 aromatic rings. The van der Waals surface area contributed by atoms with Crippen LogP contribution in [0.3, 0.4) is 0 Å². The minimum atomic E-state index is -0.694. The minimum absolute atomic E-state index is 0.0307. The van der Waals surface area contributed by atoms with Crippen LogP contribution in [0.4, 0.5) is 5.82 Å². The maximum absolute atomic E-state index is 13.5. The summed E-state index contributed by atoms with van der Waals surface area (Å²) in [6.07, 6.45) is 0. The maximum Gasteiger partial charge on any atom is 0.296 e. The number of fused-ring (bicyclic) bond motifs is 2. The van der Waals surface area contributed by atoms with Crippen LogP contribution >= 0.6 is 27.5 Å².